The Labute approximate surface area is 215 Å². The van der Waals surface area contributed by atoms with Gasteiger partial charge >= 0.3 is 0 Å². The van der Waals surface area contributed by atoms with Crippen LogP contribution in [0.3, 0.4) is 0 Å². The van der Waals surface area contributed by atoms with Crippen molar-refractivity contribution in [2.24, 2.45) is 7.05 Å². The summed E-state index contributed by atoms with van der Waals surface area (Å²) in [4.78, 5) is 8.17. The van der Waals surface area contributed by atoms with Crippen LogP contribution in [0.4, 0.5) is 9.52 Å². The van der Waals surface area contributed by atoms with Crippen molar-refractivity contribution in [1.29, 1.82) is 5.26 Å². The van der Waals surface area contributed by atoms with Gasteiger partial charge in [0, 0.05) is 35.9 Å². The first kappa shape index (κ1) is 24.1. The molecule has 0 atom stereocenters. The Kier molecular flexibility index (Phi) is 6.39. The predicted octanol–water partition coefficient (Wildman–Crippen LogP) is 5.21. The topological polar surface area (TPSA) is 123 Å². The summed E-state index contributed by atoms with van der Waals surface area (Å²) in [6.07, 6.45) is 4.52. The van der Waals surface area contributed by atoms with Crippen LogP contribution in [-0.2, 0) is 17.1 Å². The van der Waals surface area contributed by atoms with Crippen LogP contribution in [-0.4, -0.2) is 28.2 Å². The quantitative estimate of drug-likeness (QED) is 0.305. The highest BCUT2D eigenvalue weighted by molar-refractivity contribution is 7.93. The normalized spacial score (nSPS) is 11.2. The Morgan fingerprint density at radius 1 is 1.05 bits per heavy atom. The lowest BCUT2D eigenvalue weighted by atomic mass is 10.1. The lowest BCUT2D eigenvalue weighted by Crippen LogP contribution is -2.13. The molecule has 3 aromatic heterocycles. The Balaban J connectivity index is 1.54. The van der Waals surface area contributed by atoms with E-state index in [1.165, 1.54) is 36.7 Å². The molecule has 1 N–H and O–H groups in total. The number of nitrogens with one attached hydrogen (secondary N) is 1. The molecule has 0 amide bonds. The highest BCUT2D eigenvalue weighted by Crippen LogP contribution is 2.37. The van der Waals surface area contributed by atoms with Crippen LogP contribution in [0.5, 0.6) is 11.5 Å². The van der Waals surface area contributed by atoms with E-state index in [9.17, 15) is 18.1 Å². The number of hydrogen-bond donors (Lipinski definition) is 1. The lowest BCUT2D eigenvalue weighted by Gasteiger charge is -2.14. The number of ether oxygens (including phenoxy) is 1. The van der Waals surface area contributed by atoms with Gasteiger partial charge in [0.25, 0.3) is 10.0 Å². The molecule has 5 rings (SSSR count). The highest BCUT2D eigenvalue weighted by atomic mass is 32.2. The van der Waals surface area contributed by atoms with Gasteiger partial charge < -0.3 is 4.74 Å². The molecule has 9 nitrogen and oxygen atoms in total. The third-order valence-electron chi connectivity index (χ3n) is 5.37. The summed E-state index contributed by atoms with van der Waals surface area (Å²) in [5.74, 6) is -0.0224. The summed E-state index contributed by atoms with van der Waals surface area (Å²) < 4.78 is 50.0. The second kappa shape index (κ2) is 9.81. The van der Waals surface area contributed by atoms with Crippen LogP contribution in [0.25, 0.3) is 22.5 Å². The summed E-state index contributed by atoms with van der Waals surface area (Å²) in [6, 6.07) is 15.6. The number of halogens is 1. The van der Waals surface area contributed by atoms with Gasteiger partial charge in [-0.1, -0.05) is 12.1 Å². The maximum atomic E-state index is 14.4. The number of benzene rings is 2. The summed E-state index contributed by atoms with van der Waals surface area (Å²) >= 11 is 1.13. The number of nitriles is 1. The third-order valence-corrected chi connectivity index (χ3v) is 7.52. The van der Waals surface area contributed by atoms with Gasteiger partial charge in [0.15, 0.2) is 10.9 Å². The minimum atomic E-state index is -3.96. The van der Waals surface area contributed by atoms with Crippen molar-refractivity contribution in [3.05, 3.63) is 89.9 Å². The molecule has 0 bridgehead atoms. The van der Waals surface area contributed by atoms with E-state index in [0.29, 0.717) is 22.5 Å². The number of nitrogens with zero attached hydrogens (tertiary/aromatic N) is 5. The molecule has 184 valence electrons. The van der Waals surface area contributed by atoms with Crippen molar-refractivity contribution in [2.45, 2.75) is 4.90 Å². The van der Waals surface area contributed by atoms with Gasteiger partial charge in [0.2, 0.25) is 0 Å². The number of aromatic nitrogens is 4. The Hall–Kier alpha value is -4.60. The van der Waals surface area contributed by atoms with Crippen LogP contribution in [0.1, 0.15) is 5.56 Å². The lowest BCUT2D eigenvalue weighted by molar-refractivity contribution is 0.479. The largest absolute Gasteiger partial charge is 0.454 e. The fraction of sp³-hybridized carbons (Fsp3) is 0.0400. The van der Waals surface area contributed by atoms with Crippen molar-refractivity contribution < 1.29 is 17.5 Å². The number of thiazole rings is 1. The molecule has 37 heavy (non-hydrogen) atoms. The molecule has 0 aliphatic carbocycles. The summed E-state index contributed by atoms with van der Waals surface area (Å²) in [7, 11) is -2.22. The van der Waals surface area contributed by atoms with Crippen molar-refractivity contribution in [2.75, 3.05) is 4.72 Å². The Bertz CT molecular complexity index is 1740. The molecule has 0 unspecified atom stereocenters. The standard InChI is InChI=1S/C25H17FN6O3S2/c1-32-22(8-9-30-32)19-13-21(18-4-2-3-5-20(18)26)29-15-24(19)35-23-7-6-17(12-16(23)14-27)37(33,34)31-25-28-10-11-36-25/h2-13,15H,1H3,(H,28,31). The minimum absolute atomic E-state index is 0.00356. The van der Waals surface area contributed by atoms with E-state index < -0.39 is 15.8 Å². The van der Waals surface area contributed by atoms with Gasteiger partial charge in [-0.15, -0.1) is 11.3 Å². The van der Waals surface area contributed by atoms with Gasteiger partial charge in [0.05, 0.1) is 28.0 Å². The maximum Gasteiger partial charge on any atom is 0.263 e. The monoisotopic (exact) mass is 532 g/mol. The second-order valence-electron chi connectivity index (χ2n) is 7.70. The smallest absolute Gasteiger partial charge is 0.263 e. The van der Waals surface area contributed by atoms with E-state index in [1.807, 2.05) is 6.07 Å². The zero-order chi connectivity index (χ0) is 26.0. The molecule has 12 heteroatoms. The molecule has 3 heterocycles. The Morgan fingerprint density at radius 3 is 2.59 bits per heavy atom. The average Bonchev–Trinajstić information content (AvgIpc) is 3.56. The molecular weight excluding hydrogens is 515 g/mol. The van der Waals surface area contributed by atoms with Gasteiger partial charge in [-0.3, -0.25) is 14.4 Å². The van der Waals surface area contributed by atoms with Crippen molar-refractivity contribution in [3.8, 4) is 40.1 Å². The first-order valence-electron chi connectivity index (χ1n) is 10.7. The van der Waals surface area contributed by atoms with Gasteiger partial charge in [-0.05, 0) is 42.5 Å². The number of rotatable bonds is 7. The van der Waals surface area contributed by atoms with Crippen LogP contribution >= 0.6 is 11.3 Å². The first-order chi connectivity index (χ1) is 17.9. The number of sulfonamides is 1. The zero-order valence-corrected chi connectivity index (χ0v) is 20.8. The summed E-state index contributed by atoms with van der Waals surface area (Å²) in [6.45, 7) is 0. The number of hydrogen-bond acceptors (Lipinski definition) is 8. The minimum Gasteiger partial charge on any atom is -0.454 e. The average molecular weight is 533 g/mol. The van der Waals surface area contributed by atoms with Gasteiger partial charge in [-0.25, -0.2) is 17.8 Å². The zero-order valence-electron chi connectivity index (χ0n) is 19.2. The van der Waals surface area contributed by atoms with E-state index in [1.54, 1.807) is 53.6 Å². The molecule has 0 saturated carbocycles. The molecule has 0 aliphatic heterocycles. The van der Waals surface area contributed by atoms with E-state index in [4.69, 9.17) is 4.74 Å². The molecule has 0 spiro atoms. The summed E-state index contributed by atoms with van der Waals surface area (Å²) in [5.41, 5.74) is 1.92. The molecular formula is C25H17FN6O3S2. The molecule has 2 aromatic carbocycles. The highest BCUT2D eigenvalue weighted by Gasteiger charge is 2.20. The van der Waals surface area contributed by atoms with E-state index in [2.05, 4.69) is 19.8 Å². The van der Waals surface area contributed by atoms with E-state index in [0.717, 1.165) is 11.3 Å². The van der Waals surface area contributed by atoms with Crippen molar-refractivity contribution in [1.82, 2.24) is 19.7 Å². The maximum absolute atomic E-state index is 14.4. The van der Waals surface area contributed by atoms with Crippen molar-refractivity contribution in [3.63, 3.8) is 0 Å². The van der Waals surface area contributed by atoms with Crippen LogP contribution < -0.4 is 9.46 Å². The fourth-order valence-corrected chi connectivity index (χ4v) is 5.41. The fourth-order valence-electron chi connectivity index (χ4n) is 3.60. The molecule has 0 radical (unpaired) electrons. The number of anilines is 1. The van der Waals surface area contributed by atoms with Crippen LogP contribution in [0.2, 0.25) is 0 Å². The first-order valence-corrected chi connectivity index (χ1v) is 13.1. The van der Waals surface area contributed by atoms with E-state index in [-0.39, 0.29) is 27.1 Å². The predicted molar refractivity (Wildman–Crippen MR) is 136 cm³/mol. The number of aryl methyl sites for hydroxylation is 1. The Morgan fingerprint density at radius 2 is 1.89 bits per heavy atom. The van der Waals surface area contributed by atoms with Crippen molar-refractivity contribution >= 4 is 26.5 Å². The van der Waals surface area contributed by atoms with Gasteiger partial charge in [0.1, 0.15) is 17.6 Å². The molecule has 0 saturated heterocycles. The number of pyridine rings is 1. The SMILES string of the molecule is Cn1nccc1-c1cc(-c2ccccc2F)ncc1Oc1ccc(S(=O)(=O)Nc2nccs2)cc1C#N. The molecule has 5 aromatic rings. The third kappa shape index (κ3) is 4.90. The van der Waals surface area contributed by atoms with Gasteiger partial charge in [-0.2, -0.15) is 10.4 Å². The van der Waals surface area contributed by atoms with Crippen LogP contribution in [0, 0.1) is 17.1 Å². The second-order valence-corrected chi connectivity index (χ2v) is 10.3. The van der Waals surface area contributed by atoms with Crippen LogP contribution in [0.15, 0.2) is 83.5 Å². The molecule has 0 aliphatic rings. The molecule has 0 fully saturated rings. The van der Waals surface area contributed by atoms with E-state index >= 15 is 0 Å². The summed E-state index contributed by atoms with van der Waals surface area (Å²) in [5, 5.41) is 15.8.